The van der Waals surface area contributed by atoms with Crippen molar-refractivity contribution in [3.05, 3.63) is 42.5 Å². The van der Waals surface area contributed by atoms with E-state index in [2.05, 4.69) is 11.6 Å². The second-order valence-corrected chi connectivity index (χ2v) is 20.3. The van der Waals surface area contributed by atoms with Crippen LogP contribution in [0.1, 0.15) is 88.5 Å². The van der Waals surface area contributed by atoms with Gasteiger partial charge in [0.05, 0.1) is 0 Å². The molecule has 0 spiro atoms. The van der Waals surface area contributed by atoms with E-state index in [0.29, 0.717) is 17.7 Å². The van der Waals surface area contributed by atoms with Crippen molar-refractivity contribution < 1.29 is 53.0 Å². The van der Waals surface area contributed by atoms with Gasteiger partial charge in [-0.3, -0.25) is 0 Å². The van der Waals surface area contributed by atoms with E-state index in [1.54, 1.807) is 13.8 Å². The summed E-state index contributed by atoms with van der Waals surface area (Å²) < 4.78 is 38.6. The molecule has 4 rings (SSSR count). The number of rotatable bonds is 7. The average Bonchev–Trinajstić information content (AvgIpc) is 3.14. The van der Waals surface area contributed by atoms with Crippen molar-refractivity contribution in [1.82, 2.24) is 4.90 Å². The molecule has 14 atom stereocenters. The van der Waals surface area contributed by atoms with Crippen LogP contribution in [0.2, 0.25) is 4.31 Å². The number of ether oxygens (including phenoxy) is 6. The summed E-state index contributed by atoms with van der Waals surface area (Å²) in [6, 6.07) is 9.20. The van der Waals surface area contributed by atoms with Crippen LogP contribution in [-0.2, 0) is 42.8 Å². The molecule has 3 fully saturated rings. The average molecular weight is 866 g/mol. The Morgan fingerprint density at radius 1 is 1.07 bits per heavy atom. The zero-order valence-corrected chi connectivity index (χ0v) is 37.6. The number of aliphatic hydroxyl groups is 2. The fraction of sp³-hybridized carbons (Fsp3) is 0.721. The predicted octanol–water partition coefficient (Wildman–Crippen LogP) is 4.04. The SMILES string of the molecule is C=C1CO[C@@H]2[C@@H](C)C(=NC(C)=O)[C@H](C)C[C@@](C)(OC1)C(O[C@@H]1O[C@H](C)C[C@H](N(C)C)[C@H]1OC(C)=O)[C@@H](C)[C@H](O)C(C)([Se]c1ccccc1)C(=O)O[C@H](CC)[C@@]2(C)O. The molecule has 0 saturated carbocycles. The summed E-state index contributed by atoms with van der Waals surface area (Å²) in [6.07, 6.45) is -5.78. The Hall–Kier alpha value is -2.52. The summed E-state index contributed by atoms with van der Waals surface area (Å²) in [4.78, 5) is 46.8. The van der Waals surface area contributed by atoms with E-state index >= 15 is 0 Å². The van der Waals surface area contributed by atoms with Gasteiger partial charge >= 0.3 is 346 Å². The van der Waals surface area contributed by atoms with Gasteiger partial charge in [0.25, 0.3) is 0 Å². The number of carbonyl (C=O) groups excluding carboxylic acids is 3. The van der Waals surface area contributed by atoms with E-state index in [-0.39, 0.29) is 38.2 Å². The number of aliphatic imine (C=N–C) groups is 1. The Balaban J connectivity index is 2.04. The van der Waals surface area contributed by atoms with Gasteiger partial charge in [-0.05, 0) is 0 Å². The second kappa shape index (κ2) is 19.2. The normalized spacial score (nSPS) is 40.8. The van der Waals surface area contributed by atoms with Crippen LogP contribution in [0, 0.1) is 17.8 Å². The van der Waals surface area contributed by atoms with E-state index in [0.717, 1.165) is 4.46 Å². The topological polar surface area (TPSA) is 163 Å². The van der Waals surface area contributed by atoms with E-state index in [1.807, 2.05) is 90.9 Å². The molecule has 3 heterocycles. The van der Waals surface area contributed by atoms with E-state index < -0.39 is 103 Å². The number of hydrogen-bond acceptors (Lipinski definition) is 12. The molecule has 2 N–H and O–H groups in total. The van der Waals surface area contributed by atoms with Crippen molar-refractivity contribution in [3.63, 3.8) is 0 Å². The Morgan fingerprint density at radius 2 is 1.72 bits per heavy atom. The number of likely N-dealkylation sites (N-methyl/N-ethyl adjacent to an activating group) is 1. The predicted molar refractivity (Wildman–Crippen MR) is 217 cm³/mol. The Labute approximate surface area is 345 Å². The molecule has 57 heavy (non-hydrogen) atoms. The number of hydrogen-bond donors (Lipinski definition) is 2. The minimum absolute atomic E-state index is 0.0157. The zero-order valence-electron chi connectivity index (χ0n) is 35.9. The van der Waals surface area contributed by atoms with E-state index in [1.165, 1.54) is 13.8 Å². The third-order valence-electron chi connectivity index (χ3n) is 11.8. The number of carbonyl (C=O) groups is 3. The van der Waals surface area contributed by atoms with E-state index in [9.17, 15) is 24.6 Å². The molecule has 13 nitrogen and oxygen atoms in total. The first-order valence-electron chi connectivity index (χ1n) is 20.1. The number of esters is 2. The van der Waals surface area contributed by atoms with Gasteiger partial charge in [0, 0.05) is 0 Å². The summed E-state index contributed by atoms with van der Waals surface area (Å²) >= 11 is -0.700. The number of nitrogens with zero attached hydrogens (tertiary/aromatic N) is 2. The van der Waals surface area contributed by atoms with Gasteiger partial charge < -0.3 is 0 Å². The van der Waals surface area contributed by atoms with Gasteiger partial charge in [0.15, 0.2) is 0 Å². The summed E-state index contributed by atoms with van der Waals surface area (Å²) in [5, 5.41) is 25.4. The first kappa shape index (κ1) is 47.2. The molecule has 1 aromatic carbocycles. The van der Waals surface area contributed by atoms with Crippen molar-refractivity contribution in [2.24, 2.45) is 22.7 Å². The van der Waals surface area contributed by atoms with Crippen LogP contribution in [0.25, 0.3) is 0 Å². The van der Waals surface area contributed by atoms with E-state index in [4.69, 9.17) is 28.4 Å². The van der Waals surface area contributed by atoms with Gasteiger partial charge in [-0.25, -0.2) is 0 Å². The van der Waals surface area contributed by atoms with Crippen LogP contribution in [-0.4, -0.2) is 141 Å². The number of aliphatic hydroxyl groups excluding tert-OH is 1. The maximum absolute atomic E-state index is 14.9. The van der Waals surface area contributed by atoms with Crippen LogP contribution in [0.15, 0.2) is 47.5 Å². The van der Waals surface area contributed by atoms with Crippen LogP contribution >= 0.6 is 0 Å². The molecule has 2 bridgehead atoms. The molecule has 3 saturated heterocycles. The van der Waals surface area contributed by atoms with Crippen molar-refractivity contribution in [3.8, 4) is 0 Å². The quantitative estimate of drug-likeness (QED) is 0.230. The first-order valence-corrected chi connectivity index (χ1v) is 21.8. The fourth-order valence-corrected chi connectivity index (χ4v) is 11.5. The molecular weight excluding hydrogens is 799 g/mol. The van der Waals surface area contributed by atoms with Gasteiger partial charge in [0.2, 0.25) is 0 Å². The standard InChI is InChI=1S/C43H66N2O11Se/c1-14-33-42(10,50)38-27(5)34(44-29(7)46)25(3)21-41(9,52-23-24(2)22-51-38)37(56-39-35(54-30(8)47)32(45(12)13)20-26(4)53-39)28(6)36(48)43(11,40(49)55-33)57-31-18-16-15-17-19-31/h15-19,25-28,32-33,35-39,48,50H,2,14,20-23H2,1,3-13H3/t25-,26-,27+,28+,32+,33-,35-,36+,37?,38-,39+,41-,42-,43?/m1/s1. The molecule has 0 aliphatic carbocycles. The van der Waals surface area contributed by atoms with Crippen molar-refractivity contribution in [2.45, 2.75) is 153 Å². The summed E-state index contributed by atoms with van der Waals surface area (Å²) in [6.45, 7) is 21.4. The molecular formula is C43H66N2O11Se. The second-order valence-electron chi connectivity index (χ2n) is 17.1. The van der Waals surface area contributed by atoms with Gasteiger partial charge in [-0.1, -0.05) is 0 Å². The molecule has 320 valence electrons. The van der Waals surface area contributed by atoms with Crippen molar-refractivity contribution in [1.29, 1.82) is 0 Å². The van der Waals surface area contributed by atoms with Crippen LogP contribution in [0.5, 0.6) is 0 Å². The Bertz CT molecular complexity index is 1610. The zero-order chi connectivity index (χ0) is 42.6. The molecule has 3 aliphatic heterocycles. The third-order valence-corrected chi connectivity index (χ3v) is 14.6. The maximum atomic E-state index is 14.9. The molecule has 14 heteroatoms. The number of benzene rings is 1. The Kier molecular flexibility index (Phi) is 15.9. The number of fused-ring (bicyclic) bond motifs is 5. The van der Waals surface area contributed by atoms with Gasteiger partial charge in [0.1, 0.15) is 0 Å². The number of cyclic esters (lactones) is 1. The summed E-state index contributed by atoms with van der Waals surface area (Å²) in [5.41, 5.74) is -2.05. The fourth-order valence-electron chi connectivity index (χ4n) is 8.90. The molecule has 1 aromatic rings. The Morgan fingerprint density at radius 3 is 2.30 bits per heavy atom. The minimum atomic E-state index is -1.78. The van der Waals surface area contributed by atoms with Crippen LogP contribution in [0.3, 0.4) is 0 Å². The molecule has 3 aliphatic rings. The summed E-state index contributed by atoms with van der Waals surface area (Å²) in [7, 11) is 3.81. The molecule has 1 amide bonds. The first-order chi connectivity index (χ1) is 26.5. The monoisotopic (exact) mass is 866 g/mol. The van der Waals surface area contributed by atoms with Crippen LogP contribution in [0.4, 0.5) is 0 Å². The molecule has 2 unspecified atom stereocenters. The van der Waals surface area contributed by atoms with Crippen molar-refractivity contribution >= 4 is 43.0 Å². The third kappa shape index (κ3) is 10.8. The van der Waals surface area contributed by atoms with Crippen LogP contribution < -0.4 is 4.46 Å². The van der Waals surface area contributed by atoms with Gasteiger partial charge in [-0.15, -0.1) is 0 Å². The van der Waals surface area contributed by atoms with Gasteiger partial charge in [-0.2, -0.15) is 0 Å². The molecule has 0 aromatic heterocycles. The van der Waals surface area contributed by atoms with Crippen molar-refractivity contribution in [2.75, 3.05) is 27.3 Å². The number of amides is 1. The molecule has 0 radical (unpaired) electrons. The summed E-state index contributed by atoms with van der Waals surface area (Å²) in [5.74, 6) is -3.60.